The Kier molecular flexibility index (Phi) is 4.25. The molecule has 0 saturated carbocycles. The van der Waals surface area contributed by atoms with E-state index in [9.17, 15) is 9.90 Å². The second-order valence-electron chi connectivity index (χ2n) is 4.19. The molecule has 0 aliphatic carbocycles. The predicted molar refractivity (Wildman–Crippen MR) is 84.7 cm³/mol. The van der Waals surface area contributed by atoms with E-state index in [1.54, 1.807) is 43.4 Å². The Hall–Kier alpha value is -2.07. The number of benzene rings is 2. The molecule has 0 fully saturated rings. The van der Waals surface area contributed by atoms with Crippen molar-refractivity contribution in [2.75, 3.05) is 11.9 Å². The molecular formula is C15H11IN2O2. The Bertz CT molecular complexity index is 707. The number of phenols is 1. The molecule has 4 nitrogen and oxygen atoms in total. The molecule has 0 heterocycles. The molecule has 1 N–H and O–H groups in total. The number of nitriles is 1. The molecule has 1 amide bonds. The van der Waals surface area contributed by atoms with Crippen LogP contribution in [0.4, 0.5) is 5.69 Å². The average Bonchev–Trinajstić information content (AvgIpc) is 2.48. The van der Waals surface area contributed by atoms with E-state index in [1.807, 2.05) is 28.7 Å². The van der Waals surface area contributed by atoms with Gasteiger partial charge in [-0.1, -0.05) is 6.07 Å². The number of halogens is 1. The molecule has 0 radical (unpaired) electrons. The summed E-state index contributed by atoms with van der Waals surface area (Å²) in [7, 11) is 1.63. The van der Waals surface area contributed by atoms with Crippen LogP contribution in [-0.2, 0) is 0 Å². The third-order valence-electron chi connectivity index (χ3n) is 2.86. The maximum absolute atomic E-state index is 12.3. The van der Waals surface area contributed by atoms with E-state index in [4.69, 9.17) is 5.26 Å². The zero-order valence-electron chi connectivity index (χ0n) is 10.7. The Morgan fingerprint density at radius 1 is 1.30 bits per heavy atom. The van der Waals surface area contributed by atoms with E-state index in [0.29, 0.717) is 20.4 Å². The van der Waals surface area contributed by atoms with Crippen molar-refractivity contribution in [2.24, 2.45) is 0 Å². The van der Waals surface area contributed by atoms with Crippen molar-refractivity contribution < 1.29 is 9.90 Å². The van der Waals surface area contributed by atoms with Crippen LogP contribution in [-0.4, -0.2) is 18.1 Å². The van der Waals surface area contributed by atoms with Crippen LogP contribution < -0.4 is 4.90 Å². The zero-order valence-corrected chi connectivity index (χ0v) is 12.8. The number of nitrogens with zero attached hydrogens (tertiary/aromatic N) is 2. The van der Waals surface area contributed by atoms with Crippen LogP contribution in [0, 0.1) is 14.9 Å². The molecule has 5 heteroatoms. The number of carbonyl (C=O) groups is 1. The van der Waals surface area contributed by atoms with Crippen molar-refractivity contribution in [2.45, 2.75) is 0 Å². The van der Waals surface area contributed by atoms with Crippen LogP contribution in [0.2, 0.25) is 0 Å². The molecule has 0 aliphatic rings. The third kappa shape index (κ3) is 2.91. The van der Waals surface area contributed by atoms with E-state index >= 15 is 0 Å². The van der Waals surface area contributed by atoms with Gasteiger partial charge in [0.05, 0.1) is 15.2 Å². The molecule has 20 heavy (non-hydrogen) atoms. The fourth-order valence-electron chi connectivity index (χ4n) is 1.74. The Morgan fingerprint density at radius 2 is 2.05 bits per heavy atom. The topological polar surface area (TPSA) is 64.3 Å². The van der Waals surface area contributed by atoms with E-state index in [1.165, 1.54) is 11.0 Å². The molecule has 2 aromatic rings. The van der Waals surface area contributed by atoms with E-state index in [2.05, 4.69) is 0 Å². The van der Waals surface area contributed by atoms with Gasteiger partial charge >= 0.3 is 0 Å². The summed E-state index contributed by atoms with van der Waals surface area (Å²) in [6.07, 6.45) is 0. The number of hydrogen-bond acceptors (Lipinski definition) is 3. The van der Waals surface area contributed by atoms with Crippen molar-refractivity contribution in [1.29, 1.82) is 5.26 Å². The fraction of sp³-hybridized carbons (Fsp3) is 0.0667. The van der Waals surface area contributed by atoms with Gasteiger partial charge in [-0.3, -0.25) is 4.79 Å². The average molecular weight is 378 g/mol. The highest BCUT2D eigenvalue weighted by Gasteiger charge is 2.15. The molecule has 0 atom stereocenters. The maximum Gasteiger partial charge on any atom is 0.258 e. The number of rotatable bonds is 2. The van der Waals surface area contributed by atoms with E-state index in [-0.39, 0.29) is 11.7 Å². The first kappa shape index (κ1) is 14.3. The molecule has 0 aromatic heterocycles. The summed E-state index contributed by atoms with van der Waals surface area (Å²) in [5.74, 6) is -0.164. The Labute approximate surface area is 130 Å². The monoisotopic (exact) mass is 378 g/mol. The van der Waals surface area contributed by atoms with Gasteiger partial charge in [0.2, 0.25) is 0 Å². The summed E-state index contributed by atoms with van der Waals surface area (Å²) in [5, 5.41) is 18.5. The molecule has 0 saturated heterocycles. The predicted octanol–water partition coefficient (Wildman–Crippen LogP) is 3.15. The lowest BCUT2D eigenvalue weighted by molar-refractivity contribution is 0.0992. The van der Waals surface area contributed by atoms with Crippen molar-refractivity contribution in [3.05, 3.63) is 57.2 Å². The first-order valence-corrected chi connectivity index (χ1v) is 6.87. The number of carbonyl (C=O) groups excluding carboxylic acids is 1. The van der Waals surface area contributed by atoms with Gasteiger partial charge in [0, 0.05) is 18.3 Å². The lowest BCUT2D eigenvalue weighted by Gasteiger charge is -2.17. The number of amides is 1. The van der Waals surface area contributed by atoms with Gasteiger partial charge in [-0.25, -0.2) is 0 Å². The second kappa shape index (κ2) is 5.92. The summed E-state index contributed by atoms with van der Waals surface area (Å²) >= 11 is 1.99. The van der Waals surface area contributed by atoms with E-state index < -0.39 is 0 Å². The normalized spacial score (nSPS) is 9.85. The first-order valence-electron chi connectivity index (χ1n) is 5.79. The Balaban J connectivity index is 2.32. The van der Waals surface area contributed by atoms with Gasteiger partial charge in [-0.2, -0.15) is 5.26 Å². The molecule has 0 aliphatic heterocycles. The highest BCUT2D eigenvalue weighted by atomic mass is 127. The van der Waals surface area contributed by atoms with Crippen LogP contribution in [0.25, 0.3) is 0 Å². The summed E-state index contributed by atoms with van der Waals surface area (Å²) in [6, 6.07) is 13.6. The minimum atomic E-state index is -0.244. The highest BCUT2D eigenvalue weighted by Crippen LogP contribution is 2.23. The lowest BCUT2D eigenvalue weighted by Crippen LogP contribution is -2.26. The fourth-order valence-corrected chi connectivity index (χ4v) is 2.08. The van der Waals surface area contributed by atoms with Gasteiger partial charge in [0.1, 0.15) is 5.75 Å². The first-order chi connectivity index (χ1) is 9.52. The zero-order chi connectivity index (χ0) is 14.7. The molecule has 100 valence electrons. The van der Waals surface area contributed by atoms with Crippen LogP contribution >= 0.6 is 22.6 Å². The minimum Gasteiger partial charge on any atom is -0.507 e. The second-order valence-corrected chi connectivity index (χ2v) is 5.35. The lowest BCUT2D eigenvalue weighted by atomic mass is 10.1. The maximum atomic E-state index is 12.3. The summed E-state index contributed by atoms with van der Waals surface area (Å²) in [6.45, 7) is 0. The van der Waals surface area contributed by atoms with Crippen molar-refractivity contribution in [3.8, 4) is 11.8 Å². The van der Waals surface area contributed by atoms with Crippen LogP contribution in [0.5, 0.6) is 5.75 Å². The molecular weight excluding hydrogens is 367 g/mol. The number of phenolic OH excluding ortho intramolecular Hbond substituents is 1. The smallest absolute Gasteiger partial charge is 0.258 e. The summed E-state index contributed by atoms with van der Waals surface area (Å²) < 4.78 is 0.688. The number of aromatic hydroxyl groups is 1. The van der Waals surface area contributed by atoms with Gasteiger partial charge in [-0.05, 0) is 59.0 Å². The quantitative estimate of drug-likeness (QED) is 0.817. The molecule has 0 bridgehead atoms. The van der Waals surface area contributed by atoms with Crippen molar-refractivity contribution in [1.82, 2.24) is 0 Å². The van der Waals surface area contributed by atoms with Crippen molar-refractivity contribution in [3.63, 3.8) is 0 Å². The van der Waals surface area contributed by atoms with Crippen LogP contribution in [0.3, 0.4) is 0 Å². The third-order valence-corrected chi connectivity index (χ3v) is 3.77. The van der Waals surface area contributed by atoms with Crippen LogP contribution in [0.15, 0.2) is 42.5 Å². The van der Waals surface area contributed by atoms with Gasteiger partial charge in [0.15, 0.2) is 0 Å². The number of anilines is 1. The highest BCUT2D eigenvalue weighted by molar-refractivity contribution is 14.1. The molecule has 2 rings (SSSR count). The largest absolute Gasteiger partial charge is 0.507 e. The van der Waals surface area contributed by atoms with E-state index in [0.717, 1.165) is 0 Å². The number of hydrogen-bond donors (Lipinski definition) is 1. The van der Waals surface area contributed by atoms with Crippen LogP contribution in [0.1, 0.15) is 15.9 Å². The van der Waals surface area contributed by atoms with Gasteiger partial charge in [0.25, 0.3) is 5.91 Å². The Morgan fingerprint density at radius 3 is 2.70 bits per heavy atom. The van der Waals surface area contributed by atoms with Gasteiger partial charge in [-0.15, -0.1) is 0 Å². The summed E-state index contributed by atoms with van der Waals surface area (Å²) in [5.41, 5.74) is 1.52. The molecule has 2 aromatic carbocycles. The minimum absolute atomic E-state index is 0.0793. The molecule has 0 unspecified atom stereocenters. The SMILES string of the molecule is CN(C(=O)c1ccc(I)c(O)c1)c1cccc(C#N)c1. The van der Waals surface area contributed by atoms with Gasteiger partial charge < -0.3 is 10.0 Å². The molecule has 0 spiro atoms. The summed E-state index contributed by atoms with van der Waals surface area (Å²) in [4.78, 5) is 13.8. The standard InChI is InChI=1S/C15H11IN2O2/c1-18(12-4-2-3-10(7-12)9-17)15(20)11-5-6-13(16)14(19)8-11/h2-8,19H,1H3. The van der Waals surface area contributed by atoms with Crippen molar-refractivity contribution >= 4 is 34.2 Å².